The molecule has 2 rings (SSSR count). The molecule has 0 saturated carbocycles. The summed E-state index contributed by atoms with van der Waals surface area (Å²) in [5.74, 6) is -1.68. The summed E-state index contributed by atoms with van der Waals surface area (Å²) < 4.78 is 46.7. The lowest BCUT2D eigenvalue weighted by molar-refractivity contribution is -0.159. The normalized spacial score (nSPS) is 13.1. The van der Waals surface area contributed by atoms with E-state index in [1.807, 2.05) is 0 Å². The van der Waals surface area contributed by atoms with Gasteiger partial charge in [0.25, 0.3) is 0 Å². The number of pyridine rings is 1. The molecular formula is C13H12F3N3O3. The molecule has 22 heavy (non-hydrogen) atoms. The summed E-state index contributed by atoms with van der Waals surface area (Å²) >= 11 is 0. The number of carbonyl (C=O) groups is 1. The number of aldehydes is 1. The van der Waals surface area contributed by atoms with Crippen molar-refractivity contribution in [3.05, 3.63) is 29.4 Å². The smallest absolute Gasteiger partial charge is 0.381 e. The maximum absolute atomic E-state index is 12.5. The fourth-order valence-corrected chi connectivity index (χ4v) is 1.76. The van der Waals surface area contributed by atoms with Crippen molar-refractivity contribution in [2.45, 2.75) is 25.6 Å². The molecule has 0 aliphatic carbocycles. The van der Waals surface area contributed by atoms with Gasteiger partial charge in [-0.15, -0.1) is 0 Å². The van der Waals surface area contributed by atoms with Crippen LogP contribution in [0, 0.1) is 0 Å². The maximum Gasteiger partial charge on any atom is 0.471 e. The van der Waals surface area contributed by atoms with Gasteiger partial charge in [-0.25, -0.2) is 0 Å². The molecule has 1 unspecified atom stereocenters. The van der Waals surface area contributed by atoms with E-state index in [1.54, 1.807) is 6.92 Å². The Labute approximate surface area is 123 Å². The second-order valence-electron chi connectivity index (χ2n) is 4.56. The molecule has 0 aliphatic heterocycles. The van der Waals surface area contributed by atoms with Crippen LogP contribution in [0.5, 0.6) is 0 Å². The lowest BCUT2D eigenvalue weighted by atomic mass is 10.0. The number of ether oxygens (including phenoxy) is 1. The molecule has 6 nitrogen and oxygen atoms in total. The highest BCUT2D eigenvalue weighted by Gasteiger charge is 2.38. The number of halogens is 3. The van der Waals surface area contributed by atoms with Crippen LogP contribution in [0.3, 0.4) is 0 Å². The minimum atomic E-state index is -4.71. The minimum absolute atomic E-state index is 0.187. The van der Waals surface area contributed by atoms with Crippen LogP contribution in [0.25, 0.3) is 11.4 Å². The van der Waals surface area contributed by atoms with Gasteiger partial charge >= 0.3 is 12.1 Å². The fraction of sp³-hybridized carbons (Fsp3) is 0.385. The van der Waals surface area contributed by atoms with Crippen molar-refractivity contribution < 1.29 is 27.2 Å². The summed E-state index contributed by atoms with van der Waals surface area (Å²) in [6.45, 7) is 1.79. The molecule has 0 amide bonds. The summed E-state index contributed by atoms with van der Waals surface area (Å²) in [4.78, 5) is 18.2. The number of alkyl halides is 3. The maximum atomic E-state index is 12.5. The zero-order valence-electron chi connectivity index (χ0n) is 11.7. The Morgan fingerprint density at radius 1 is 1.45 bits per heavy atom. The lowest BCUT2D eigenvalue weighted by Crippen LogP contribution is -2.11. The second kappa shape index (κ2) is 6.22. The van der Waals surface area contributed by atoms with Gasteiger partial charge in [-0.2, -0.15) is 18.2 Å². The van der Waals surface area contributed by atoms with E-state index in [1.165, 1.54) is 19.4 Å². The molecule has 118 valence electrons. The van der Waals surface area contributed by atoms with Gasteiger partial charge < -0.3 is 9.26 Å². The molecule has 2 heterocycles. The van der Waals surface area contributed by atoms with Crippen LogP contribution in [0.15, 0.2) is 16.8 Å². The number of hydrogen-bond donors (Lipinski definition) is 0. The van der Waals surface area contributed by atoms with Gasteiger partial charge in [0.15, 0.2) is 6.29 Å². The van der Waals surface area contributed by atoms with Crippen LogP contribution in [0.1, 0.15) is 28.9 Å². The van der Waals surface area contributed by atoms with Gasteiger partial charge in [0, 0.05) is 25.3 Å². The van der Waals surface area contributed by atoms with Crippen LogP contribution in [0.4, 0.5) is 13.2 Å². The molecule has 1 atom stereocenters. The molecule has 9 heteroatoms. The summed E-state index contributed by atoms with van der Waals surface area (Å²) in [6.07, 6.45) is -2.74. The van der Waals surface area contributed by atoms with Crippen molar-refractivity contribution in [3.8, 4) is 11.4 Å². The Morgan fingerprint density at radius 2 is 2.18 bits per heavy atom. The van der Waals surface area contributed by atoms with E-state index in [0.29, 0.717) is 18.3 Å². The first-order valence-corrected chi connectivity index (χ1v) is 6.23. The number of rotatable bonds is 5. The first-order chi connectivity index (χ1) is 10.3. The monoisotopic (exact) mass is 315 g/mol. The Balaban J connectivity index is 2.37. The van der Waals surface area contributed by atoms with Crippen LogP contribution in [-0.2, 0) is 17.3 Å². The average Bonchev–Trinajstić information content (AvgIpc) is 2.97. The average molecular weight is 315 g/mol. The minimum Gasteiger partial charge on any atom is -0.381 e. The van der Waals surface area contributed by atoms with E-state index >= 15 is 0 Å². The van der Waals surface area contributed by atoms with Crippen LogP contribution in [0.2, 0.25) is 0 Å². The highest BCUT2D eigenvalue weighted by molar-refractivity contribution is 5.75. The number of hydrogen-bond acceptors (Lipinski definition) is 6. The van der Waals surface area contributed by atoms with E-state index in [-0.39, 0.29) is 23.2 Å². The Morgan fingerprint density at radius 3 is 2.73 bits per heavy atom. The standard InChI is InChI=1S/C13H12F3N3O3/c1-7(21-2)3-8-4-9(5-17-10(8)6-20)11-18-12(22-19-11)13(14,15)16/h4-7H,3H2,1-2H3. The molecule has 0 radical (unpaired) electrons. The van der Waals surface area contributed by atoms with Crippen LogP contribution >= 0.6 is 0 Å². The van der Waals surface area contributed by atoms with Crippen LogP contribution < -0.4 is 0 Å². The van der Waals surface area contributed by atoms with Crippen molar-refractivity contribution in [2.24, 2.45) is 0 Å². The highest BCUT2D eigenvalue weighted by Crippen LogP contribution is 2.29. The molecule has 2 aromatic heterocycles. The zero-order valence-corrected chi connectivity index (χ0v) is 11.7. The van der Waals surface area contributed by atoms with Gasteiger partial charge in [0.1, 0.15) is 5.69 Å². The number of carbonyl (C=O) groups excluding carboxylic acids is 1. The Kier molecular flexibility index (Phi) is 4.55. The topological polar surface area (TPSA) is 78.1 Å². The van der Waals surface area contributed by atoms with Gasteiger partial charge in [0.05, 0.1) is 6.10 Å². The molecule has 0 N–H and O–H groups in total. The Hall–Kier alpha value is -2.29. The molecule has 0 bridgehead atoms. The first-order valence-electron chi connectivity index (χ1n) is 6.23. The summed E-state index contributed by atoms with van der Waals surface area (Å²) in [6, 6.07) is 1.50. The van der Waals surface area contributed by atoms with Gasteiger partial charge in [-0.3, -0.25) is 9.78 Å². The van der Waals surface area contributed by atoms with Gasteiger partial charge in [0.2, 0.25) is 5.82 Å². The summed E-state index contributed by atoms with van der Waals surface area (Å²) in [5.41, 5.74) is 0.940. The third-order valence-corrected chi connectivity index (χ3v) is 2.95. The van der Waals surface area contributed by atoms with Crippen LogP contribution in [-0.4, -0.2) is 34.6 Å². The summed E-state index contributed by atoms with van der Waals surface area (Å²) in [5, 5.41) is 3.28. The van der Waals surface area contributed by atoms with E-state index in [4.69, 9.17) is 4.74 Å². The van der Waals surface area contributed by atoms with Crippen molar-refractivity contribution >= 4 is 6.29 Å². The van der Waals surface area contributed by atoms with Crippen molar-refractivity contribution in [1.29, 1.82) is 0 Å². The predicted molar refractivity (Wildman–Crippen MR) is 68.1 cm³/mol. The zero-order chi connectivity index (χ0) is 16.3. The van der Waals surface area contributed by atoms with Crippen molar-refractivity contribution in [2.75, 3.05) is 7.11 Å². The third-order valence-electron chi connectivity index (χ3n) is 2.95. The highest BCUT2D eigenvalue weighted by atomic mass is 19.4. The fourth-order valence-electron chi connectivity index (χ4n) is 1.76. The first kappa shape index (κ1) is 16.1. The molecule has 2 aromatic rings. The molecule has 0 spiro atoms. The lowest BCUT2D eigenvalue weighted by Gasteiger charge is -2.11. The van der Waals surface area contributed by atoms with Gasteiger partial charge in [-0.05, 0) is 18.6 Å². The predicted octanol–water partition coefficient (Wildman–Crippen LogP) is 2.54. The second-order valence-corrected chi connectivity index (χ2v) is 4.56. The van der Waals surface area contributed by atoms with E-state index in [2.05, 4.69) is 19.6 Å². The largest absolute Gasteiger partial charge is 0.471 e. The number of nitrogens with zero attached hydrogens (tertiary/aromatic N) is 3. The van der Waals surface area contributed by atoms with E-state index in [0.717, 1.165) is 0 Å². The molecule has 0 saturated heterocycles. The molecule has 0 fully saturated rings. The quantitative estimate of drug-likeness (QED) is 0.789. The van der Waals surface area contributed by atoms with Crippen molar-refractivity contribution in [3.63, 3.8) is 0 Å². The molecular weight excluding hydrogens is 303 g/mol. The van der Waals surface area contributed by atoms with Gasteiger partial charge in [-0.1, -0.05) is 5.16 Å². The Bertz CT molecular complexity index is 670. The van der Waals surface area contributed by atoms with E-state index in [9.17, 15) is 18.0 Å². The SMILES string of the molecule is COC(C)Cc1cc(-c2noc(C(F)(F)F)n2)cnc1C=O. The molecule has 0 aromatic carbocycles. The number of aromatic nitrogens is 3. The third kappa shape index (κ3) is 3.48. The van der Waals surface area contributed by atoms with Crippen molar-refractivity contribution in [1.82, 2.24) is 15.1 Å². The number of methoxy groups -OCH3 is 1. The summed E-state index contributed by atoms with van der Waals surface area (Å²) in [7, 11) is 1.51. The molecule has 0 aliphatic rings. The van der Waals surface area contributed by atoms with E-state index < -0.39 is 12.1 Å².